The minimum absolute atomic E-state index is 0.111. The first kappa shape index (κ1) is 21.9. The van der Waals surface area contributed by atoms with E-state index < -0.39 is 0 Å². The molecule has 33 heavy (non-hydrogen) atoms. The van der Waals surface area contributed by atoms with E-state index in [0.717, 1.165) is 59.0 Å². The molecule has 4 N–H and O–H groups in total. The zero-order chi connectivity index (χ0) is 22.9. The van der Waals surface area contributed by atoms with Crippen LogP contribution in [0.25, 0.3) is 10.2 Å². The van der Waals surface area contributed by atoms with Crippen LogP contribution in [-0.2, 0) is 11.2 Å². The van der Waals surface area contributed by atoms with Crippen LogP contribution in [0.2, 0.25) is 0 Å². The summed E-state index contributed by atoms with van der Waals surface area (Å²) in [4.78, 5) is 21.1. The molecule has 2 aliphatic rings. The molecular formula is C24H29N5O3S. The number of anilines is 2. The topological polar surface area (TPSA) is 102 Å². The normalized spacial score (nSPS) is 20.4. The van der Waals surface area contributed by atoms with Crippen molar-refractivity contribution >= 4 is 38.8 Å². The minimum Gasteiger partial charge on any atom is -0.491 e. The molecule has 0 bridgehead atoms. The van der Waals surface area contributed by atoms with Crippen LogP contribution in [0, 0.1) is 6.92 Å². The molecule has 5 rings (SSSR count). The molecule has 174 valence electrons. The van der Waals surface area contributed by atoms with E-state index in [2.05, 4.69) is 38.7 Å². The zero-order valence-corrected chi connectivity index (χ0v) is 19.7. The van der Waals surface area contributed by atoms with Gasteiger partial charge in [0, 0.05) is 55.6 Å². The second kappa shape index (κ2) is 9.17. The molecule has 1 amide bonds. The van der Waals surface area contributed by atoms with E-state index in [0.29, 0.717) is 29.8 Å². The van der Waals surface area contributed by atoms with Gasteiger partial charge in [0.2, 0.25) is 0 Å². The number of nitrogens with one attached hydrogen (secondary N) is 2. The fourth-order valence-corrected chi connectivity index (χ4v) is 5.57. The molecule has 0 saturated carbocycles. The molecule has 9 heteroatoms. The average molecular weight is 468 g/mol. The van der Waals surface area contributed by atoms with Crippen molar-refractivity contribution in [3.05, 3.63) is 46.5 Å². The summed E-state index contributed by atoms with van der Waals surface area (Å²) >= 11 is 1.33. The minimum atomic E-state index is -0.174. The van der Waals surface area contributed by atoms with Gasteiger partial charge < -0.3 is 30.7 Å². The number of nitrogens with zero attached hydrogens (tertiary/aromatic N) is 2. The van der Waals surface area contributed by atoms with Crippen molar-refractivity contribution in [2.24, 2.45) is 0 Å². The lowest BCUT2D eigenvalue weighted by Crippen LogP contribution is -2.52. The van der Waals surface area contributed by atoms with Crippen molar-refractivity contribution in [1.29, 1.82) is 0 Å². The molecule has 1 aromatic carbocycles. The molecule has 2 aliphatic heterocycles. The van der Waals surface area contributed by atoms with Crippen LogP contribution in [-0.4, -0.2) is 62.9 Å². The Bertz CT molecular complexity index is 1180. The van der Waals surface area contributed by atoms with Gasteiger partial charge in [0.15, 0.2) is 0 Å². The first-order valence-corrected chi connectivity index (χ1v) is 12.0. The molecule has 0 spiro atoms. The van der Waals surface area contributed by atoms with Gasteiger partial charge >= 0.3 is 0 Å². The zero-order valence-electron chi connectivity index (χ0n) is 18.9. The van der Waals surface area contributed by atoms with E-state index in [4.69, 9.17) is 15.2 Å². The van der Waals surface area contributed by atoms with E-state index in [-0.39, 0.29) is 11.9 Å². The van der Waals surface area contributed by atoms with Crippen LogP contribution in [0.1, 0.15) is 20.9 Å². The number of piperazine rings is 1. The number of carbonyl (C=O) groups excluding carboxylic acids is 1. The number of thiophene rings is 1. The number of hydrogen-bond acceptors (Lipinski definition) is 8. The van der Waals surface area contributed by atoms with Gasteiger partial charge in [0.1, 0.15) is 22.1 Å². The number of hydrogen-bond donors (Lipinski definition) is 3. The predicted molar refractivity (Wildman–Crippen MR) is 132 cm³/mol. The molecular weight excluding hydrogens is 438 g/mol. The summed E-state index contributed by atoms with van der Waals surface area (Å²) < 4.78 is 11.4. The summed E-state index contributed by atoms with van der Waals surface area (Å²) in [5, 5.41) is 7.41. The maximum absolute atomic E-state index is 13.0. The number of fused-ring (bicyclic) bond motifs is 2. The summed E-state index contributed by atoms with van der Waals surface area (Å²) in [7, 11) is 1.73. The third-order valence-electron chi connectivity index (χ3n) is 6.22. The van der Waals surface area contributed by atoms with Crippen LogP contribution in [0.15, 0.2) is 30.3 Å². The molecule has 2 atom stereocenters. The van der Waals surface area contributed by atoms with E-state index in [9.17, 15) is 4.79 Å². The van der Waals surface area contributed by atoms with Gasteiger partial charge in [-0.3, -0.25) is 4.79 Å². The highest BCUT2D eigenvalue weighted by atomic mass is 32.1. The monoisotopic (exact) mass is 467 g/mol. The standard InChI is InChI=1S/C24H29N5O3S/c1-14-3-6-19-21(25)22(33-24(19)27-14)23(30)28-16-9-15-4-5-18(10-20(15)32-13-16)29-8-7-26-17(11-29)12-31-2/h3-6,10,16-17,26H,7-9,11-13,25H2,1-2H3,(H,28,30)/t16-,17-/m1/s1. The Morgan fingerprint density at radius 3 is 3.12 bits per heavy atom. The average Bonchev–Trinajstić information content (AvgIpc) is 3.14. The van der Waals surface area contributed by atoms with Gasteiger partial charge in [-0.15, -0.1) is 11.3 Å². The Hall–Kier alpha value is -2.88. The van der Waals surface area contributed by atoms with Gasteiger partial charge in [-0.25, -0.2) is 4.98 Å². The number of pyridine rings is 1. The number of aryl methyl sites for hydroxylation is 1. The SMILES string of the molecule is COC[C@H]1CN(c2ccc3c(c2)OC[C@H](NC(=O)c2sc4nc(C)ccc4c2N)C3)CCN1. The quantitative estimate of drug-likeness (QED) is 0.529. The Morgan fingerprint density at radius 1 is 1.39 bits per heavy atom. The molecule has 0 aliphatic carbocycles. The molecule has 0 unspecified atom stereocenters. The number of carbonyl (C=O) groups is 1. The van der Waals surface area contributed by atoms with Gasteiger partial charge in [0.05, 0.1) is 18.3 Å². The van der Waals surface area contributed by atoms with Crippen molar-refractivity contribution < 1.29 is 14.3 Å². The number of rotatable bonds is 5. The molecule has 4 heterocycles. The highest BCUT2D eigenvalue weighted by Crippen LogP contribution is 2.33. The summed E-state index contributed by atoms with van der Waals surface area (Å²) in [6, 6.07) is 10.4. The van der Waals surface area contributed by atoms with Gasteiger partial charge in [-0.2, -0.15) is 0 Å². The van der Waals surface area contributed by atoms with E-state index in [1.165, 1.54) is 11.3 Å². The van der Waals surface area contributed by atoms with Gasteiger partial charge in [-0.05, 0) is 37.1 Å². The third kappa shape index (κ3) is 4.48. The largest absolute Gasteiger partial charge is 0.491 e. The van der Waals surface area contributed by atoms with Crippen molar-refractivity contribution in [1.82, 2.24) is 15.6 Å². The lowest BCUT2D eigenvalue weighted by atomic mass is 10.0. The van der Waals surface area contributed by atoms with Crippen LogP contribution in [0.5, 0.6) is 5.75 Å². The molecule has 2 aromatic heterocycles. The Kier molecular flexibility index (Phi) is 6.09. The lowest BCUT2D eigenvalue weighted by Gasteiger charge is -2.35. The van der Waals surface area contributed by atoms with Crippen LogP contribution < -0.4 is 26.0 Å². The van der Waals surface area contributed by atoms with E-state index in [1.807, 2.05) is 19.1 Å². The second-order valence-electron chi connectivity index (χ2n) is 8.68. The Morgan fingerprint density at radius 2 is 2.27 bits per heavy atom. The van der Waals surface area contributed by atoms with Crippen LogP contribution in [0.4, 0.5) is 11.4 Å². The molecule has 0 radical (unpaired) electrons. The van der Waals surface area contributed by atoms with E-state index >= 15 is 0 Å². The van der Waals surface area contributed by atoms with Gasteiger partial charge in [0.25, 0.3) is 5.91 Å². The number of ether oxygens (including phenoxy) is 2. The fraction of sp³-hybridized carbons (Fsp3) is 0.417. The maximum atomic E-state index is 13.0. The Balaban J connectivity index is 1.26. The van der Waals surface area contributed by atoms with E-state index in [1.54, 1.807) is 7.11 Å². The summed E-state index contributed by atoms with van der Waals surface area (Å²) in [6.45, 7) is 5.82. The number of amides is 1. The molecule has 3 aromatic rings. The summed E-state index contributed by atoms with van der Waals surface area (Å²) in [5.41, 5.74) is 9.89. The van der Waals surface area contributed by atoms with Crippen molar-refractivity contribution in [2.45, 2.75) is 25.4 Å². The molecule has 1 saturated heterocycles. The number of nitrogens with two attached hydrogens (primary N) is 1. The number of aromatic nitrogens is 1. The summed E-state index contributed by atoms with van der Waals surface area (Å²) in [6.07, 6.45) is 0.720. The van der Waals surface area contributed by atoms with Crippen LogP contribution in [0.3, 0.4) is 0 Å². The van der Waals surface area contributed by atoms with Crippen molar-refractivity contribution in [3.63, 3.8) is 0 Å². The first-order chi connectivity index (χ1) is 16.0. The van der Waals surface area contributed by atoms with Crippen molar-refractivity contribution in [3.8, 4) is 5.75 Å². The lowest BCUT2D eigenvalue weighted by molar-refractivity contribution is 0.0920. The first-order valence-electron chi connectivity index (χ1n) is 11.2. The smallest absolute Gasteiger partial charge is 0.263 e. The second-order valence-corrected chi connectivity index (χ2v) is 9.68. The number of benzene rings is 1. The highest BCUT2D eigenvalue weighted by Gasteiger charge is 2.26. The number of methoxy groups -OCH3 is 1. The molecule has 1 fully saturated rings. The highest BCUT2D eigenvalue weighted by molar-refractivity contribution is 7.21. The predicted octanol–water partition coefficient (Wildman–Crippen LogP) is 2.35. The maximum Gasteiger partial charge on any atom is 0.263 e. The third-order valence-corrected chi connectivity index (χ3v) is 7.33. The van der Waals surface area contributed by atoms with Crippen molar-refractivity contribution in [2.75, 3.05) is 50.6 Å². The van der Waals surface area contributed by atoms with Gasteiger partial charge in [-0.1, -0.05) is 6.07 Å². The number of nitrogen functional groups attached to an aromatic ring is 1. The fourth-order valence-electron chi connectivity index (χ4n) is 4.53. The molecule has 8 nitrogen and oxygen atoms in total. The summed E-state index contributed by atoms with van der Waals surface area (Å²) in [5.74, 6) is 0.715. The Labute approximate surface area is 197 Å². The van der Waals surface area contributed by atoms with Crippen LogP contribution >= 0.6 is 11.3 Å².